The zero-order valence-electron chi connectivity index (χ0n) is 38.7. The second kappa shape index (κ2) is 30.0. The fourth-order valence-corrected chi connectivity index (χ4v) is 6.57. The highest BCUT2D eigenvalue weighted by Gasteiger charge is 2.38. The van der Waals surface area contributed by atoms with Crippen molar-refractivity contribution in [2.45, 2.75) is 159 Å². The van der Waals surface area contributed by atoms with E-state index in [1.807, 2.05) is 0 Å². The predicted octanol–water partition coefficient (Wildman–Crippen LogP) is 13.1. The van der Waals surface area contributed by atoms with Crippen LogP contribution < -0.4 is 9.47 Å². The molecule has 0 bridgehead atoms. The number of hydrogen-bond acceptors (Lipinski definition) is 9. The van der Waals surface area contributed by atoms with Gasteiger partial charge in [0.2, 0.25) is 5.91 Å². The van der Waals surface area contributed by atoms with E-state index in [-0.39, 0.29) is 63.5 Å². The van der Waals surface area contributed by atoms with Gasteiger partial charge in [-0.25, -0.2) is 0 Å². The average Bonchev–Trinajstić information content (AvgIpc) is 3.25. The number of carbonyl (C=O) groups is 4. The number of carbonyl (C=O) groups excluding carboxylic acids is 4. The summed E-state index contributed by atoms with van der Waals surface area (Å²) in [7, 11) is 3.06. The quantitative estimate of drug-likeness (QED) is 0.0305. The van der Waals surface area contributed by atoms with Crippen molar-refractivity contribution >= 4 is 23.8 Å². The summed E-state index contributed by atoms with van der Waals surface area (Å²) in [6.45, 7) is -0.908. The highest BCUT2D eigenvalue weighted by molar-refractivity contribution is 5.81. The van der Waals surface area contributed by atoms with E-state index in [1.54, 1.807) is 0 Å². The molecule has 0 saturated carbocycles. The lowest BCUT2D eigenvalue weighted by Crippen LogP contribution is -2.31. The number of nitrogens with zero attached hydrogens (tertiary/aromatic N) is 1. The third kappa shape index (κ3) is 26.6. The first kappa shape index (κ1) is 60.2. The minimum atomic E-state index is -4.97. The van der Waals surface area contributed by atoms with Gasteiger partial charge in [-0.2, -0.15) is 52.7 Å². The van der Waals surface area contributed by atoms with Crippen LogP contribution in [0.2, 0.25) is 0 Å². The summed E-state index contributed by atoms with van der Waals surface area (Å²) in [5, 5.41) is 0. The van der Waals surface area contributed by atoms with Gasteiger partial charge in [-0.05, 0) is 62.1 Å². The van der Waals surface area contributed by atoms with Crippen LogP contribution in [0.4, 0.5) is 52.7 Å². The van der Waals surface area contributed by atoms with Gasteiger partial charge in [-0.1, -0.05) is 77.0 Å². The van der Waals surface area contributed by atoms with Crippen LogP contribution in [0.3, 0.4) is 0 Å². The Labute approximate surface area is 393 Å². The molecule has 0 heterocycles. The van der Waals surface area contributed by atoms with Gasteiger partial charge in [-0.15, -0.1) is 0 Å². The van der Waals surface area contributed by atoms with Crippen molar-refractivity contribution in [3.05, 3.63) is 58.7 Å². The molecule has 10 nitrogen and oxygen atoms in total. The number of halogens is 12. The molecule has 1 unspecified atom stereocenters. The standard InChI is InChI=1S/C47H61F12NO9/c1-60(2)40(61)21-22-42(63)68-32-39(69-43(64)20-16-12-8-4-6-10-14-18-24-66-38-29-35(46(54,55)56)26-36(30-38)47(57,58)59)31-67-41(62)19-15-11-7-3-5-9-13-17-23-65-37-27-33(44(48,49)50)25-34(28-37)45(51,52)53/h25-30,39H,3-24,31-32H2,1-2H3. The summed E-state index contributed by atoms with van der Waals surface area (Å²) in [6.07, 6.45) is -10.5. The van der Waals surface area contributed by atoms with Gasteiger partial charge in [0.05, 0.1) is 41.9 Å². The zero-order valence-corrected chi connectivity index (χ0v) is 38.7. The Morgan fingerprint density at radius 3 is 1.06 bits per heavy atom. The molecule has 1 atom stereocenters. The first-order valence-corrected chi connectivity index (χ1v) is 22.8. The summed E-state index contributed by atoms with van der Waals surface area (Å²) in [6, 6.07) is 2.21. The molecule has 1 amide bonds. The normalized spacial score (nSPS) is 12.6. The van der Waals surface area contributed by atoms with Crippen molar-refractivity contribution in [2.75, 3.05) is 40.5 Å². The summed E-state index contributed by atoms with van der Waals surface area (Å²) in [4.78, 5) is 50.6. The molecular formula is C47H61F12NO9. The number of rotatable bonds is 32. The molecule has 0 aromatic heterocycles. The van der Waals surface area contributed by atoms with Crippen molar-refractivity contribution in [1.29, 1.82) is 0 Å². The largest absolute Gasteiger partial charge is 0.494 e. The topological polar surface area (TPSA) is 118 Å². The molecule has 22 heteroatoms. The van der Waals surface area contributed by atoms with Crippen molar-refractivity contribution in [3.8, 4) is 11.5 Å². The first-order chi connectivity index (χ1) is 32.3. The van der Waals surface area contributed by atoms with Crippen LogP contribution in [0.25, 0.3) is 0 Å². The number of alkyl halides is 12. The molecule has 69 heavy (non-hydrogen) atoms. The summed E-state index contributed by atoms with van der Waals surface area (Å²) in [5.41, 5.74) is -5.80. The van der Waals surface area contributed by atoms with E-state index in [9.17, 15) is 71.9 Å². The molecule has 0 saturated heterocycles. The van der Waals surface area contributed by atoms with Gasteiger partial charge >= 0.3 is 42.6 Å². The zero-order chi connectivity index (χ0) is 51.7. The van der Waals surface area contributed by atoms with Crippen molar-refractivity contribution in [2.24, 2.45) is 0 Å². The van der Waals surface area contributed by atoms with Gasteiger partial charge in [0, 0.05) is 33.4 Å². The Morgan fingerprint density at radius 1 is 0.420 bits per heavy atom. The maximum Gasteiger partial charge on any atom is 0.416 e. The number of amides is 1. The summed E-state index contributed by atoms with van der Waals surface area (Å²) >= 11 is 0. The number of hydrogen-bond donors (Lipinski definition) is 0. The lowest BCUT2D eigenvalue weighted by molar-refractivity contribution is -0.167. The summed E-state index contributed by atoms with van der Waals surface area (Å²) < 4.78 is 183. The molecule has 2 aromatic rings. The van der Waals surface area contributed by atoms with E-state index >= 15 is 0 Å². The molecule has 0 aliphatic heterocycles. The van der Waals surface area contributed by atoms with Crippen molar-refractivity contribution in [1.82, 2.24) is 4.90 Å². The van der Waals surface area contributed by atoms with E-state index in [0.29, 0.717) is 75.6 Å². The number of benzene rings is 2. The van der Waals surface area contributed by atoms with Gasteiger partial charge in [0.25, 0.3) is 0 Å². The SMILES string of the molecule is CN(C)C(=O)CCC(=O)OCC(COC(=O)CCCCCCCCCCOc1cc(C(F)(F)F)cc(C(F)(F)F)c1)OC(=O)CCCCCCCCCCOc1cc(C(F)(F)F)cc(C(F)(F)F)c1. The predicted molar refractivity (Wildman–Crippen MR) is 227 cm³/mol. The smallest absolute Gasteiger partial charge is 0.416 e. The Bertz CT molecular complexity index is 1800. The third-order valence-corrected chi connectivity index (χ3v) is 10.4. The lowest BCUT2D eigenvalue weighted by Gasteiger charge is -2.18. The summed E-state index contributed by atoms with van der Waals surface area (Å²) in [5.74, 6) is -3.21. The minimum absolute atomic E-state index is 0.0262. The Balaban J connectivity index is 1.65. The molecule has 0 radical (unpaired) electrons. The fourth-order valence-electron chi connectivity index (χ4n) is 6.57. The van der Waals surface area contributed by atoms with Crippen LogP contribution in [0.15, 0.2) is 36.4 Å². The molecule has 392 valence electrons. The van der Waals surface area contributed by atoms with Crippen LogP contribution in [0.5, 0.6) is 11.5 Å². The maximum atomic E-state index is 13.1. The second-order valence-corrected chi connectivity index (χ2v) is 16.6. The lowest BCUT2D eigenvalue weighted by atomic mass is 10.1. The molecule has 0 aliphatic rings. The van der Waals surface area contributed by atoms with Gasteiger partial charge in [0.1, 0.15) is 24.7 Å². The molecule has 0 spiro atoms. The van der Waals surface area contributed by atoms with Crippen LogP contribution in [-0.4, -0.2) is 75.3 Å². The number of ether oxygens (including phenoxy) is 5. The minimum Gasteiger partial charge on any atom is -0.494 e. The van der Waals surface area contributed by atoms with E-state index in [0.717, 1.165) is 51.4 Å². The molecule has 0 fully saturated rings. The average molecular weight is 1010 g/mol. The van der Waals surface area contributed by atoms with Crippen molar-refractivity contribution < 1.29 is 95.5 Å². The van der Waals surface area contributed by atoms with Crippen LogP contribution in [0.1, 0.15) is 151 Å². The Hall–Kier alpha value is -4.92. The van der Waals surface area contributed by atoms with E-state index in [4.69, 9.17) is 23.7 Å². The van der Waals surface area contributed by atoms with Crippen LogP contribution in [-0.2, 0) is 58.1 Å². The molecule has 0 aliphatic carbocycles. The van der Waals surface area contributed by atoms with Crippen molar-refractivity contribution in [3.63, 3.8) is 0 Å². The maximum absolute atomic E-state index is 13.1. The first-order valence-electron chi connectivity index (χ1n) is 22.8. The van der Waals surface area contributed by atoms with Crippen LogP contribution >= 0.6 is 0 Å². The van der Waals surface area contributed by atoms with Gasteiger partial charge in [-0.3, -0.25) is 19.2 Å². The number of unbranched alkanes of at least 4 members (excludes halogenated alkanes) is 14. The highest BCUT2D eigenvalue weighted by atomic mass is 19.4. The Morgan fingerprint density at radius 2 is 0.725 bits per heavy atom. The van der Waals surface area contributed by atoms with E-state index in [2.05, 4.69) is 0 Å². The van der Waals surface area contributed by atoms with Gasteiger partial charge < -0.3 is 28.6 Å². The van der Waals surface area contributed by atoms with Crippen LogP contribution in [0, 0.1) is 0 Å². The van der Waals surface area contributed by atoms with Gasteiger partial charge in [0.15, 0.2) is 6.10 Å². The monoisotopic (exact) mass is 1010 g/mol. The van der Waals surface area contributed by atoms with E-state index < -0.39 is 89.1 Å². The van der Waals surface area contributed by atoms with E-state index in [1.165, 1.54) is 19.0 Å². The highest BCUT2D eigenvalue weighted by Crippen LogP contribution is 2.39. The molecule has 2 aromatic carbocycles. The second-order valence-electron chi connectivity index (χ2n) is 16.6. The molecule has 2 rings (SSSR count). The molecular weight excluding hydrogens is 950 g/mol. The third-order valence-electron chi connectivity index (χ3n) is 10.4. The molecule has 0 N–H and O–H groups in total. The fraction of sp³-hybridized carbons (Fsp3) is 0.660. The Kier molecular flexibility index (Phi) is 26.1. The number of esters is 3.